The molecular formula is C20H18ClN3O3S. The number of amides is 2. The molecule has 28 heavy (non-hydrogen) atoms. The minimum absolute atomic E-state index is 0.119. The Balaban J connectivity index is 1.54. The highest BCUT2D eigenvalue weighted by Crippen LogP contribution is 2.23. The molecule has 2 amide bonds. The van der Waals surface area contributed by atoms with Crippen molar-refractivity contribution >= 4 is 40.9 Å². The third kappa shape index (κ3) is 5.04. The molecule has 2 aromatic rings. The molecule has 1 saturated heterocycles. The molecular weight excluding hydrogens is 398 g/mol. The highest BCUT2D eigenvalue weighted by molar-refractivity contribution is 7.99. The molecule has 3 rings (SSSR count). The van der Waals surface area contributed by atoms with Gasteiger partial charge in [-0.05, 0) is 35.9 Å². The largest absolute Gasteiger partial charge is 0.367 e. The second-order valence-corrected chi connectivity index (χ2v) is 7.55. The molecule has 8 heteroatoms. The highest BCUT2D eigenvalue weighted by atomic mass is 35.5. The van der Waals surface area contributed by atoms with Crippen molar-refractivity contribution in [2.24, 2.45) is 0 Å². The van der Waals surface area contributed by atoms with Crippen LogP contribution in [0.3, 0.4) is 0 Å². The number of anilines is 1. The van der Waals surface area contributed by atoms with Gasteiger partial charge in [0, 0.05) is 16.5 Å². The Morgan fingerprint density at radius 3 is 2.71 bits per heavy atom. The predicted octanol–water partition coefficient (Wildman–Crippen LogP) is 3.27. The van der Waals surface area contributed by atoms with Gasteiger partial charge < -0.3 is 15.0 Å². The molecule has 1 aliphatic rings. The standard InChI is InChI=1S/C20H18ClN3O3S/c21-17-4-2-1-3-15(17)10-27-11-19(25)24-13-28-12-18(24)20(26)23-16-7-5-14(9-22)6-8-16/h1-8,18H,10-13H2,(H,23,26). The third-order valence-electron chi connectivity index (χ3n) is 4.23. The monoisotopic (exact) mass is 415 g/mol. The molecule has 1 unspecified atom stereocenters. The van der Waals surface area contributed by atoms with Gasteiger partial charge >= 0.3 is 0 Å². The minimum Gasteiger partial charge on any atom is -0.367 e. The summed E-state index contributed by atoms with van der Waals surface area (Å²) in [6.45, 7) is 0.112. The first-order chi connectivity index (χ1) is 13.6. The van der Waals surface area contributed by atoms with Crippen molar-refractivity contribution in [1.82, 2.24) is 4.90 Å². The lowest BCUT2D eigenvalue weighted by Gasteiger charge is -2.23. The number of nitrogens with one attached hydrogen (secondary N) is 1. The Morgan fingerprint density at radius 2 is 2.00 bits per heavy atom. The number of thioether (sulfide) groups is 1. The van der Waals surface area contributed by atoms with E-state index in [0.29, 0.717) is 27.9 Å². The second kappa shape index (κ2) is 9.60. The summed E-state index contributed by atoms with van der Waals surface area (Å²) in [4.78, 5) is 26.6. The number of nitriles is 1. The first kappa shape index (κ1) is 20.2. The van der Waals surface area contributed by atoms with Gasteiger partial charge in [0.15, 0.2) is 0 Å². The Morgan fingerprint density at radius 1 is 1.25 bits per heavy atom. The average Bonchev–Trinajstić information content (AvgIpc) is 3.20. The van der Waals surface area contributed by atoms with E-state index >= 15 is 0 Å². The summed E-state index contributed by atoms with van der Waals surface area (Å²) < 4.78 is 5.50. The summed E-state index contributed by atoms with van der Waals surface area (Å²) in [5, 5.41) is 12.2. The maximum Gasteiger partial charge on any atom is 0.249 e. The van der Waals surface area contributed by atoms with Crippen molar-refractivity contribution in [3.8, 4) is 6.07 Å². The Hall–Kier alpha value is -2.53. The molecule has 0 saturated carbocycles. The number of benzene rings is 2. The van der Waals surface area contributed by atoms with E-state index in [4.69, 9.17) is 21.6 Å². The van der Waals surface area contributed by atoms with Crippen LogP contribution in [0, 0.1) is 11.3 Å². The molecule has 0 radical (unpaired) electrons. The van der Waals surface area contributed by atoms with E-state index in [2.05, 4.69) is 5.32 Å². The second-order valence-electron chi connectivity index (χ2n) is 6.14. The molecule has 2 aromatic carbocycles. The summed E-state index contributed by atoms with van der Waals surface area (Å²) in [6, 6.07) is 15.3. The highest BCUT2D eigenvalue weighted by Gasteiger charge is 2.34. The lowest BCUT2D eigenvalue weighted by molar-refractivity contribution is -0.140. The van der Waals surface area contributed by atoms with Crippen molar-refractivity contribution in [2.75, 3.05) is 23.6 Å². The van der Waals surface area contributed by atoms with Gasteiger partial charge in [0.1, 0.15) is 12.6 Å². The molecule has 0 bridgehead atoms. The van der Waals surface area contributed by atoms with Gasteiger partial charge in [0.05, 0.1) is 24.1 Å². The summed E-state index contributed by atoms with van der Waals surface area (Å²) in [7, 11) is 0. The van der Waals surface area contributed by atoms with Crippen molar-refractivity contribution in [3.63, 3.8) is 0 Å². The van der Waals surface area contributed by atoms with Crippen LogP contribution in [0.15, 0.2) is 48.5 Å². The zero-order chi connectivity index (χ0) is 19.9. The number of hydrogen-bond acceptors (Lipinski definition) is 5. The lowest BCUT2D eigenvalue weighted by Crippen LogP contribution is -2.45. The van der Waals surface area contributed by atoms with E-state index in [9.17, 15) is 9.59 Å². The molecule has 1 aliphatic heterocycles. The number of ether oxygens (including phenoxy) is 1. The normalized spacial score (nSPS) is 15.9. The van der Waals surface area contributed by atoms with Crippen LogP contribution in [-0.2, 0) is 20.9 Å². The Bertz CT molecular complexity index is 898. The number of nitrogens with zero attached hydrogens (tertiary/aromatic N) is 2. The van der Waals surface area contributed by atoms with Gasteiger partial charge in [0.25, 0.3) is 0 Å². The fraction of sp³-hybridized carbons (Fsp3) is 0.250. The Kier molecular flexibility index (Phi) is 6.93. The van der Waals surface area contributed by atoms with Crippen molar-refractivity contribution in [2.45, 2.75) is 12.6 Å². The van der Waals surface area contributed by atoms with Crippen LogP contribution in [-0.4, -0.2) is 41.0 Å². The molecule has 1 heterocycles. The molecule has 0 aromatic heterocycles. The maximum absolute atomic E-state index is 12.6. The van der Waals surface area contributed by atoms with Gasteiger partial charge in [-0.1, -0.05) is 29.8 Å². The number of halogens is 1. The smallest absolute Gasteiger partial charge is 0.249 e. The molecule has 1 atom stereocenters. The van der Waals surface area contributed by atoms with Crippen LogP contribution >= 0.6 is 23.4 Å². The van der Waals surface area contributed by atoms with E-state index < -0.39 is 6.04 Å². The predicted molar refractivity (Wildman–Crippen MR) is 109 cm³/mol. The van der Waals surface area contributed by atoms with E-state index in [0.717, 1.165) is 5.56 Å². The van der Waals surface area contributed by atoms with E-state index in [1.807, 2.05) is 24.3 Å². The number of rotatable bonds is 6. The van der Waals surface area contributed by atoms with Crippen LogP contribution < -0.4 is 5.32 Å². The quantitative estimate of drug-likeness (QED) is 0.782. The molecule has 0 aliphatic carbocycles. The molecule has 0 spiro atoms. The number of carbonyl (C=O) groups is 2. The van der Waals surface area contributed by atoms with E-state index in [1.165, 1.54) is 16.7 Å². The van der Waals surface area contributed by atoms with Crippen molar-refractivity contribution in [3.05, 3.63) is 64.7 Å². The van der Waals surface area contributed by atoms with Gasteiger partial charge in [-0.15, -0.1) is 11.8 Å². The fourth-order valence-electron chi connectivity index (χ4n) is 2.71. The molecule has 144 valence electrons. The summed E-state index contributed by atoms with van der Waals surface area (Å²) in [5.74, 6) is 0.476. The zero-order valence-electron chi connectivity index (χ0n) is 14.9. The fourth-order valence-corrected chi connectivity index (χ4v) is 4.08. The Labute approximate surface area is 172 Å². The molecule has 1 fully saturated rings. The number of carbonyl (C=O) groups excluding carboxylic acids is 2. The first-order valence-corrected chi connectivity index (χ1v) is 10.1. The summed E-state index contributed by atoms with van der Waals surface area (Å²) in [6.07, 6.45) is 0. The van der Waals surface area contributed by atoms with E-state index in [-0.39, 0.29) is 25.0 Å². The van der Waals surface area contributed by atoms with Gasteiger partial charge in [-0.25, -0.2) is 0 Å². The van der Waals surface area contributed by atoms with Crippen LogP contribution in [0.2, 0.25) is 5.02 Å². The third-order valence-corrected chi connectivity index (χ3v) is 5.61. The zero-order valence-corrected chi connectivity index (χ0v) is 16.5. The van der Waals surface area contributed by atoms with Crippen LogP contribution in [0.25, 0.3) is 0 Å². The molecule has 6 nitrogen and oxygen atoms in total. The summed E-state index contributed by atoms with van der Waals surface area (Å²) in [5.41, 5.74) is 1.91. The van der Waals surface area contributed by atoms with E-state index in [1.54, 1.807) is 30.3 Å². The van der Waals surface area contributed by atoms with Gasteiger partial charge in [0.2, 0.25) is 11.8 Å². The first-order valence-electron chi connectivity index (χ1n) is 8.58. The molecule has 1 N–H and O–H groups in total. The van der Waals surface area contributed by atoms with Crippen molar-refractivity contribution in [1.29, 1.82) is 5.26 Å². The maximum atomic E-state index is 12.6. The SMILES string of the molecule is N#Cc1ccc(NC(=O)C2CSCN2C(=O)COCc2ccccc2Cl)cc1. The van der Waals surface area contributed by atoms with Crippen LogP contribution in [0.4, 0.5) is 5.69 Å². The van der Waals surface area contributed by atoms with Crippen LogP contribution in [0.1, 0.15) is 11.1 Å². The topological polar surface area (TPSA) is 82.4 Å². The summed E-state index contributed by atoms with van der Waals surface area (Å²) >= 11 is 7.60. The van der Waals surface area contributed by atoms with Crippen LogP contribution in [0.5, 0.6) is 0 Å². The minimum atomic E-state index is -0.558. The lowest BCUT2D eigenvalue weighted by atomic mass is 10.2. The number of hydrogen-bond donors (Lipinski definition) is 1. The van der Waals surface area contributed by atoms with Crippen molar-refractivity contribution < 1.29 is 14.3 Å². The average molecular weight is 416 g/mol. The van der Waals surface area contributed by atoms with Gasteiger partial charge in [-0.3, -0.25) is 9.59 Å². The van der Waals surface area contributed by atoms with Gasteiger partial charge in [-0.2, -0.15) is 5.26 Å².